The molecule has 0 saturated carbocycles. The lowest BCUT2D eigenvalue weighted by Crippen LogP contribution is -2.18. The van der Waals surface area contributed by atoms with Crippen LogP contribution in [0.3, 0.4) is 0 Å². The number of hydrogen-bond donors (Lipinski definition) is 1. The maximum absolute atomic E-state index is 5.87. The lowest BCUT2D eigenvalue weighted by molar-refractivity contribution is 0.302. The molecule has 2 rings (SSSR count). The molecule has 1 aromatic heterocycles. The molecule has 0 spiro atoms. The van der Waals surface area contributed by atoms with E-state index in [0.717, 1.165) is 27.8 Å². The van der Waals surface area contributed by atoms with Gasteiger partial charge in [-0.2, -0.15) is 0 Å². The van der Waals surface area contributed by atoms with Crippen molar-refractivity contribution in [2.45, 2.75) is 26.0 Å². The van der Waals surface area contributed by atoms with Gasteiger partial charge in [0.1, 0.15) is 12.4 Å². The molecule has 2 N–H and O–H groups in total. The Labute approximate surface area is 121 Å². The van der Waals surface area contributed by atoms with Crippen molar-refractivity contribution in [3.05, 3.63) is 58.3 Å². The standard InChI is InChI=1S/C15H17BrN2O/c1-11(17)7-13-8-14(16)4-5-15(13)19-10-12-3-2-6-18-9-12/h2-6,8-9,11H,7,10,17H2,1H3. The molecule has 0 aliphatic rings. The van der Waals surface area contributed by atoms with Gasteiger partial charge in [0.05, 0.1) is 0 Å². The van der Waals surface area contributed by atoms with Crippen LogP contribution in [0, 0.1) is 0 Å². The minimum Gasteiger partial charge on any atom is -0.489 e. The van der Waals surface area contributed by atoms with Gasteiger partial charge in [-0.1, -0.05) is 22.0 Å². The lowest BCUT2D eigenvalue weighted by Gasteiger charge is -2.13. The molecule has 0 saturated heterocycles. The van der Waals surface area contributed by atoms with Gasteiger partial charge in [-0.05, 0) is 43.2 Å². The molecule has 0 aliphatic carbocycles. The Bertz CT molecular complexity index is 529. The molecule has 1 heterocycles. The molecule has 1 atom stereocenters. The summed E-state index contributed by atoms with van der Waals surface area (Å²) in [6.07, 6.45) is 4.36. The van der Waals surface area contributed by atoms with Gasteiger partial charge in [-0.25, -0.2) is 0 Å². The van der Waals surface area contributed by atoms with Crippen molar-refractivity contribution < 1.29 is 4.74 Å². The fraction of sp³-hybridized carbons (Fsp3) is 0.267. The van der Waals surface area contributed by atoms with Gasteiger partial charge in [0.2, 0.25) is 0 Å². The van der Waals surface area contributed by atoms with Crippen molar-refractivity contribution in [1.29, 1.82) is 0 Å². The molecule has 0 bridgehead atoms. The summed E-state index contributed by atoms with van der Waals surface area (Å²) in [5, 5.41) is 0. The summed E-state index contributed by atoms with van der Waals surface area (Å²) in [7, 11) is 0. The predicted molar refractivity (Wildman–Crippen MR) is 80.1 cm³/mol. The van der Waals surface area contributed by atoms with E-state index in [1.54, 1.807) is 6.20 Å². The van der Waals surface area contributed by atoms with Crippen molar-refractivity contribution in [2.24, 2.45) is 5.73 Å². The first-order chi connectivity index (χ1) is 9.15. The highest BCUT2D eigenvalue weighted by Crippen LogP contribution is 2.25. The minimum absolute atomic E-state index is 0.107. The first kappa shape index (κ1) is 14.0. The van der Waals surface area contributed by atoms with E-state index < -0.39 is 0 Å². The molecule has 100 valence electrons. The minimum atomic E-state index is 0.107. The zero-order chi connectivity index (χ0) is 13.7. The Balaban J connectivity index is 2.11. The Hall–Kier alpha value is -1.39. The fourth-order valence-electron chi connectivity index (χ4n) is 1.84. The van der Waals surface area contributed by atoms with E-state index >= 15 is 0 Å². The predicted octanol–water partition coefficient (Wildman–Crippen LogP) is 3.31. The number of hydrogen-bond acceptors (Lipinski definition) is 3. The number of aromatic nitrogens is 1. The van der Waals surface area contributed by atoms with E-state index in [4.69, 9.17) is 10.5 Å². The number of rotatable bonds is 5. The van der Waals surface area contributed by atoms with Gasteiger partial charge in [0.15, 0.2) is 0 Å². The number of halogens is 1. The average molecular weight is 321 g/mol. The van der Waals surface area contributed by atoms with Crippen LogP contribution in [0.15, 0.2) is 47.2 Å². The number of nitrogens with zero attached hydrogens (tertiary/aromatic N) is 1. The average Bonchev–Trinajstić information content (AvgIpc) is 2.38. The molecule has 1 unspecified atom stereocenters. The zero-order valence-electron chi connectivity index (χ0n) is 10.8. The Morgan fingerprint density at radius 1 is 1.37 bits per heavy atom. The van der Waals surface area contributed by atoms with Crippen LogP contribution in [0.4, 0.5) is 0 Å². The van der Waals surface area contributed by atoms with Crippen LogP contribution in [-0.4, -0.2) is 11.0 Å². The molecule has 3 nitrogen and oxygen atoms in total. The third-order valence-electron chi connectivity index (χ3n) is 2.68. The molecule has 0 aliphatic heterocycles. The van der Waals surface area contributed by atoms with Crippen LogP contribution in [0.25, 0.3) is 0 Å². The van der Waals surface area contributed by atoms with Crippen LogP contribution in [0.5, 0.6) is 5.75 Å². The molecule has 0 radical (unpaired) electrons. The van der Waals surface area contributed by atoms with Gasteiger partial charge in [-0.3, -0.25) is 4.98 Å². The second-order valence-electron chi connectivity index (χ2n) is 4.58. The Morgan fingerprint density at radius 2 is 2.21 bits per heavy atom. The monoisotopic (exact) mass is 320 g/mol. The van der Waals surface area contributed by atoms with Crippen molar-refractivity contribution in [1.82, 2.24) is 4.98 Å². The largest absolute Gasteiger partial charge is 0.489 e. The van der Waals surface area contributed by atoms with Gasteiger partial charge in [-0.15, -0.1) is 0 Å². The second kappa shape index (κ2) is 6.68. The molecular formula is C15H17BrN2O. The number of nitrogens with two attached hydrogens (primary N) is 1. The maximum atomic E-state index is 5.87. The highest BCUT2D eigenvalue weighted by atomic mass is 79.9. The van der Waals surface area contributed by atoms with Crippen LogP contribution in [-0.2, 0) is 13.0 Å². The Kier molecular flexibility index (Phi) is 4.93. The molecule has 0 fully saturated rings. The first-order valence-electron chi connectivity index (χ1n) is 6.21. The lowest BCUT2D eigenvalue weighted by atomic mass is 10.1. The summed E-state index contributed by atoms with van der Waals surface area (Å²) >= 11 is 3.48. The van der Waals surface area contributed by atoms with E-state index in [2.05, 4.69) is 27.0 Å². The van der Waals surface area contributed by atoms with Gasteiger partial charge >= 0.3 is 0 Å². The summed E-state index contributed by atoms with van der Waals surface area (Å²) in [5.74, 6) is 0.879. The smallest absolute Gasteiger partial charge is 0.123 e. The normalized spacial score (nSPS) is 12.2. The molecule has 19 heavy (non-hydrogen) atoms. The van der Waals surface area contributed by atoms with E-state index in [1.807, 2.05) is 37.4 Å². The van der Waals surface area contributed by atoms with Crippen molar-refractivity contribution >= 4 is 15.9 Å². The van der Waals surface area contributed by atoms with E-state index in [9.17, 15) is 0 Å². The number of benzene rings is 1. The highest BCUT2D eigenvalue weighted by Gasteiger charge is 2.07. The number of pyridine rings is 1. The molecule has 2 aromatic rings. The SMILES string of the molecule is CC(N)Cc1cc(Br)ccc1OCc1cccnc1. The third-order valence-corrected chi connectivity index (χ3v) is 3.17. The van der Waals surface area contributed by atoms with Crippen molar-refractivity contribution in [2.75, 3.05) is 0 Å². The van der Waals surface area contributed by atoms with Crippen LogP contribution in [0.1, 0.15) is 18.1 Å². The summed E-state index contributed by atoms with van der Waals surface area (Å²) in [4.78, 5) is 4.07. The quantitative estimate of drug-likeness (QED) is 0.919. The highest BCUT2D eigenvalue weighted by molar-refractivity contribution is 9.10. The summed E-state index contributed by atoms with van der Waals surface area (Å²) in [6, 6.07) is 10.0. The van der Waals surface area contributed by atoms with Gasteiger partial charge < -0.3 is 10.5 Å². The van der Waals surface area contributed by atoms with Gasteiger partial charge in [0, 0.05) is 28.5 Å². The van der Waals surface area contributed by atoms with E-state index in [-0.39, 0.29) is 6.04 Å². The molecule has 0 amide bonds. The first-order valence-corrected chi connectivity index (χ1v) is 7.00. The number of ether oxygens (including phenoxy) is 1. The maximum Gasteiger partial charge on any atom is 0.123 e. The fourth-order valence-corrected chi connectivity index (χ4v) is 2.25. The molecule has 4 heteroatoms. The van der Waals surface area contributed by atoms with Gasteiger partial charge in [0.25, 0.3) is 0 Å². The second-order valence-corrected chi connectivity index (χ2v) is 5.50. The molecule has 1 aromatic carbocycles. The molecular weight excluding hydrogens is 304 g/mol. The van der Waals surface area contributed by atoms with E-state index in [1.165, 1.54) is 0 Å². The van der Waals surface area contributed by atoms with Crippen molar-refractivity contribution in [3.63, 3.8) is 0 Å². The summed E-state index contributed by atoms with van der Waals surface area (Å²) in [6.45, 7) is 2.51. The third kappa shape index (κ3) is 4.33. The zero-order valence-corrected chi connectivity index (χ0v) is 12.4. The summed E-state index contributed by atoms with van der Waals surface area (Å²) in [5.41, 5.74) is 8.04. The summed E-state index contributed by atoms with van der Waals surface area (Å²) < 4.78 is 6.90. The van der Waals surface area contributed by atoms with Crippen molar-refractivity contribution in [3.8, 4) is 5.75 Å². The van der Waals surface area contributed by atoms with Crippen LogP contribution in [0.2, 0.25) is 0 Å². The topological polar surface area (TPSA) is 48.1 Å². The van der Waals surface area contributed by atoms with E-state index in [0.29, 0.717) is 6.61 Å². The Morgan fingerprint density at radius 3 is 2.89 bits per heavy atom. The van der Waals surface area contributed by atoms with Crippen LogP contribution < -0.4 is 10.5 Å². The van der Waals surface area contributed by atoms with Crippen LogP contribution >= 0.6 is 15.9 Å².